The molecule has 1 fully saturated rings. The topological polar surface area (TPSA) is 32.3 Å². The van der Waals surface area contributed by atoms with Crippen molar-refractivity contribution in [3.05, 3.63) is 33.8 Å². The highest BCUT2D eigenvalue weighted by molar-refractivity contribution is 6.35. The van der Waals surface area contributed by atoms with Gasteiger partial charge in [0.15, 0.2) is 0 Å². The van der Waals surface area contributed by atoms with Gasteiger partial charge in [0, 0.05) is 29.1 Å². The lowest BCUT2D eigenvalue weighted by atomic mass is 9.95. The first-order chi connectivity index (χ1) is 10.1. The number of benzene rings is 1. The first kappa shape index (κ1) is 16.6. The molecule has 0 atom stereocenters. The van der Waals surface area contributed by atoms with E-state index in [-0.39, 0.29) is 11.8 Å². The first-order valence-electron chi connectivity index (χ1n) is 7.54. The summed E-state index contributed by atoms with van der Waals surface area (Å²) in [5.74, 6) is 0.370. The molecule has 1 aromatic carbocycles. The molecule has 1 saturated heterocycles. The summed E-state index contributed by atoms with van der Waals surface area (Å²) in [6.45, 7) is 5.53. The molecule has 0 radical (unpaired) electrons. The average molecular weight is 329 g/mol. The van der Waals surface area contributed by atoms with Gasteiger partial charge in [0.1, 0.15) is 0 Å². The third-order valence-corrected chi connectivity index (χ3v) is 4.50. The maximum atomic E-state index is 11.9. The predicted octanol–water partition coefficient (Wildman–Crippen LogP) is 3.73. The SMILES string of the molecule is CCCNC(=O)C1CCN(Cc2ccc(Cl)cc2Cl)CC1. The van der Waals surface area contributed by atoms with Crippen LogP contribution in [0.3, 0.4) is 0 Å². The zero-order valence-corrected chi connectivity index (χ0v) is 13.9. The van der Waals surface area contributed by atoms with Crippen LogP contribution in [0.5, 0.6) is 0 Å². The molecule has 21 heavy (non-hydrogen) atoms. The highest BCUT2D eigenvalue weighted by atomic mass is 35.5. The molecule has 5 heteroatoms. The van der Waals surface area contributed by atoms with Gasteiger partial charge < -0.3 is 5.32 Å². The zero-order chi connectivity index (χ0) is 15.2. The number of carbonyl (C=O) groups is 1. The minimum Gasteiger partial charge on any atom is -0.356 e. The Hall–Kier alpha value is -0.770. The van der Waals surface area contributed by atoms with Crippen LogP contribution in [0.25, 0.3) is 0 Å². The van der Waals surface area contributed by atoms with E-state index in [0.29, 0.717) is 10.0 Å². The van der Waals surface area contributed by atoms with Crippen molar-refractivity contribution in [2.75, 3.05) is 19.6 Å². The minimum atomic E-state index is 0.161. The lowest BCUT2D eigenvalue weighted by Crippen LogP contribution is -2.40. The molecule has 1 aliphatic rings. The Morgan fingerprint density at radius 1 is 1.33 bits per heavy atom. The summed E-state index contributed by atoms with van der Waals surface area (Å²) in [5.41, 5.74) is 1.09. The number of hydrogen-bond donors (Lipinski definition) is 1. The number of nitrogens with one attached hydrogen (secondary N) is 1. The molecular formula is C16H22Cl2N2O. The van der Waals surface area contributed by atoms with Gasteiger partial charge in [-0.2, -0.15) is 0 Å². The highest BCUT2D eigenvalue weighted by Gasteiger charge is 2.24. The molecule has 0 spiro atoms. The number of carbonyl (C=O) groups excluding carboxylic acids is 1. The molecule has 1 heterocycles. The molecule has 1 aromatic rings. The van der Waals surface area contributed by atoms with Crippen molar-refractivity contribution in [2.24, 2.45) is 5.92 Å². The number of hydrogen-bond acceptors (Lipinski definition) is 2. The molecule has 116 valence electrons. The van der Waals surface area contributed by atoms with E-state index >= 15 is 0 Å². The second-order valence-electron chi connectivity index (χ2n) is 5.58. The average Bonchev–Trinajstić information content (AvgIpc) is 2.48. The van der Waals surface area contributed by atoms with Crippen LogP contribution in [0.2, 0.25) is 10.0 Å². The molecule has 0 aromatic heterocycles. The number of likely N-dealkylation sites (tertiary alicyclic amines) is 1. The molecule has 1 aliphatic heterocycles. The van der Waals surface area contributed by atoms with Crippen LogP contribution >= 0.6 is 23.2 Å². The Bertz CT molecular complexity index is 485. The van der Waals surface area contributed by atoms with Crippen molar-refractivity contribution in [1.82, 2.24) is 10.2 Å². The Labute approximate surface area is 136 Å². The standard InChI is InChI=1S/C16H22Cl2N2O/c1-2-7-19-16(21)12-5-8-20(9-6-12)11-13-3-4-14(17)10-15(13)18/h3-4,10,12H,2,5-9,11H2,1H3,(H,19,21). The number of halogens is 2. The Kier molecular flexibility index (Phi) is 6.34. The first-order valence-corrected chi connectivity index (χ1v) is 8.29. The van der Waals surface area contributed by atoms with Crippen molar-refractivity contribution in [3.63, 3.8) is 0 Å². The number of rotatable bonds is 5. The zero-order valence-electron chi connectivity index (χ0n) is 12.4. The van der Waals surface area contributed by atoms with Crippen molar-refractivity contribution < 1.29 is 4.79 Å². The van der Waals surface area contributed by atoms with E-state index in [9.17, 15) is 4.79 Å². The molecule has 0 aliphatic carbocycles. The molecule has 1 N–H and O–H groups in total. The van der Waals surface area contributed by atoms with E-state index in [4.69, 9.17) is 23.2 Å². The second kappa shape index (κ2) is 8.02. The number of piperidine rings is 1. The van der Waals surface area contributed by atoms with Crippen LogP contribution in [0, 0.1) is 5.92 Å². The Morgan fingerprint density at radius 3 is 2.67 bits per heavy atom. The number of nitrogens with zero attached hydrogens (tertiary/aromatic N) is 1. The third kappa shape index (κ3) is 4.87. The fraction of sp³-hybridized carbons (Fsp3) is 0.562. The summed E-state index contributed by atoms with van der Waals surface area (Å²) in [7, 11) is 0. The van der Waals surface area contributed by atoms with Crippen LogP contribution in [0.4, 0.5) is 0 Å². The van der Waals surface area contributed by atoms with Gasteiger partial charge in [0.25, 0.3) is 0 Å². The smallest absolute Gasteiger partial charge is 0.223 e. The van der Waals surface area contributed by atoms with Crippen molar-refractivity contribution in [1.29, 1.82) is 0 Å². The molecular weight excluding hydrogens is 307 g/mol. The van der Waals surface area contributed by atoms with E-state index in [1.165, 1.54) is 0 Å². The van der Waals surface area contributed by atoms with E-state index in [0.717, 1.165) is 51.0 Å². The number of amides is 1. The monoisotopic (exact) mass is 328 g/mol. The normalized spacial score (nSPS) is 16.9. The molecule has 1 amide bonds. The van der Waals surface area contributed by atoms with E-state index in [1.54, 1.807) is 6.07 Å². The van der Waals surface area contributed by atoms with Crippen molar-refractivity contribution >= 4 is 29.1 Å². The summed E-state index contributed by atoms with van der Waals surface area (Å²) >= 11 is 12.1. The molecule has 3 nitrogen and oxygen atoms in total. The Morgan fingerprint density at radius 2 is 2.05 bits per heavy atom. The fourth-order valence-electron chi connectivity index (χ4n) is 2.64. The van der Waals surface area contributed by atoms with Gasteiger partial charge in [-0.3, -0.25) is 9.69 Å². The van der Waals surface area contributed by atoms with Crippen molar-refractivity contribution in [2.45, 2.75) is 32.7 Å². The van der Waals surface area contributed by atoms with Gasteiger partial charge in [-0.05, 0) is 50.0 Å². The van der Waals surface area contributed by atoms with Gasteiger partial charge in [-0.1, -0.05) is 36.2 Å². The summed E-state index contributed by atoms with van der Waals surface area (Å²) in [6.07, 6.45) is 2.82. The summed E-state index contributed by atoms with van der Waals surface area (Å²) in [6, 6.07) is 5.63. The van der Waals surface area contributed by atoms with E-state index < -0.39 is 0 Å². The molecule has 2 rings (SSSR count). The van der Waals surface area contributed by atoms with Crippen LogP contribution in [0.15, 0.2) is 18.2 Å². The summed E-state index contributed by atoms with van der Waals surface area (Å²) < 4.78 is 0. The highest BCUT2D eigenvalue weighted by Crippen LogP contribution is 2.24. The van der Waals surface area contributed by atoms with Gasteiger partial charge >= 0.3 is 0 Å². The van der Waals surface area contributed by atoms with E-state index in [1.807, 2.05) is 12.1 Å². The largest absolute Gasteiger partial charge is 0.356 e. The quantitative estimate of drug-likeness (QED) is 0.893. The lowest BCUT2D eigenvalue weighted by molar-refractivity contribution is -0.126. The molecule has 0 bridgehead atoms. The molecule has 0 saturated carbocycles. The summed E-state index contributed by atoms with van der Waals surface area (Å²) in [4.78, 5) is 14.3. The van der Waals surface area contributed by atoms with Crippen LogP contribution in [-0.2, 0) is 11.3 Å². The van der Waals surface area contributed by atoms with Crippen LogP contribution in [0.1, 0.15) is 31.7 Å². The third-order valence-electron chi connectivity index (χ3n) is 3.92. The van der Waals surface area contributed by atoms with Crippen LogP contribution < -0.4 is 5.32 Å². The maximum absolute atomic E-state index is 11.9. The van der Waals surface area contributed by atoms with Gasteiger partial charge in [-0.25, -0.2) is 0 Å². The fourth-order valence-corrected chi connectivity index (χ4v) is 3.10. The lowest BCUT2D eigenvalue weighted by Gasteiger charge is -2.31. The maximum Gasteiger partial charge on any atom is 0.223 e. The Balaban J connectivity index is 1.82. The summed E-state index contributed by atoms with van der Waals surface area (Å²) in [5, 5.41) is 4.36. The van der Waals surface area contributed by atoms with Crippen LogP contribution in [-0.4, -0.2) is 30.4 Å². The van der Waals surface area contributed by atoms with Crippen molar-refractivity contribution in [3.8, 4) is 0 Å². The minimum absolute atomic E-state index is 0.161. The van der Waals surface area contributed by atoms with Gasteiger partial charge in [-0.15, -0.1) is 0 Å². The second-order valence-corrected chi connectivity index (χ2v) is 6.42. The molecule has 0 unspecified atom stereocenters. The predicted molar refractivity (Wildman–Crippen MR) is 87.8 cm³/mol. The van der Waals surface area contributed by atoms with E-state index in [2.05, 4.69) is 17.1 Å². The van der Waals surface area contributed by atoms with Gasteiger partial charge in [0.05, 0.1) is 0 Å². The van der Waals surface area contributed by atoms with Gasteiger partial charge in [0.2, 0.25) is 5.91 Å².